The minimum atomic E-state index is -0.0860. The smallest absolute Gasteiger partial charge is 0.232 e. The van der Waals surface area contributed by atoms with Crippen LogP contribution in [-0.2, 0) is 16.0 Å². The van der Waals surface area contributed by atoms with Gasteiger partial charge in [-0.1, -0.05) is 69.3 Å². The van der Waals surface area contributed by atoms with Crippen molar-refractivity contribution in [3.8, 4) is 5.75 Å². The molecule has 2 aromatic rings. The van der Waals surface area contributed by atoms with E-state index in [1.807, 2.05) is 43.3 Å². The number of amides is 1. The lowest BCUT2D eigenvalue weighted by Gasteiger charge is -2.22. The summed E-state index contributed by atoms with van der Waals surface area (Å²) >= 11 is 1.64. The van der Waals surface area contributed by atoms with Crippen LogP contribution < -0.4 is 10.1 Å². The van der Waals surface area contributed by atoms with Crippen molar-refractivity contribution < 1.29 is 9.53 Å². The Labute approximate surface area is 161 Å². The van der Waals surface area contributed by atoms with E-state index in [9.17, 15) is 4.79 Å². The highest BCUT2D eigenvalue weighted by Crippen LogP contribution is 2.30. The summed E-state index contributed by atoms with van der Waals surface area (Å²) in [5.41, 5.74) is 2.44. The van der Waals surface area contributed by atoms with Crippen molar-refractivity contribution in [1.29, 1.82) is 0 Å². The van der Waals surface area contributed by atoms with Gasteiger partial charge in [0.2, 0.25) is 5.91 Å². The SMILES string of the molecule is C[C@H](SCc1ccccc1)C(=O)NCCOc1ccccc1C(C)(C)C. The Balaban J connectivity index is 1.73. The molecule has 0 heterocycles. The number of carbonyl (C=O) groups is 1. The van der Waals surface area contributed by atoms with Crippen molar-refractivity contribution in [2.24, 2.45) is 0 Å². The Bertz CT molecular complexity index is 695. The van der Waals surface area contributed by atoms with Crippen molar-refractivity contribution in [3.05, 3.63) is 65.7 Å². The van der Waals surface area contributed by atoms with Gasteiger partial charge < -0.3 is 10.1 Å². The second-order valence-corrected chi connectivity index (χ2v) is 8.65. The maximum absolute atomic E-state index is 12.2. The lowest BCUT2D eigenvalue weighted by Crippen LogP contribution is -2.34. The first kappa shape index (κ1) is 20.4. The molecule has 4 heteroatoms. The number of rotatable bonds is 8. The highest BCUT2D eigenvalue weighted by atomic mass is 32.2. The standard InChI is InChI=1S/C22H29NO2S/c1-17(26-16-18-10-6-5-7-11-18)21(24)23-14-15-25-20-13-9-8-12-19(20)22(2,3)4/h5-13,17H,14-16H2,1-4H3,(H,23,24)/t17-/m0/s1. The molecule has 0 spiro atoms. The average molecular weight is 372 g/mol. The zero-order chi connectivity index (χ0) is 19.0. The van der Waals surface area contributed by atoms with Gasteiger partial charge in [0.05, 0.1) is 11.8 Å². The van der Waals surface area contributed by atoms with Crippen molar-refractivity contribution in [1.82, 2.24) is 5.32 Å². The van der Waals surface area contributed by atoms with Gasteiger partial charge in [-0.2, -0.15) is 0 Å². The van der Waals surface area contributed by atoms with Crippen LogP contribution in [0.5, 0.6) is 5.75 Å². The fraction of sp³-hybridized carbons (Fsp3) is 0.409. The van der Waals surface area contributed by atoms with Crippen LogP contribution >= 0.6 is 11.8 Å². The number of para-hydroxylation sites is 1. The number of hydrogen-bond donors (Lipinski definition) is 1. The Morgan fingerprint density at radius 1 is 1.08 bits per heavy atom. The van der Waals surface area contributed by atoms with Crippen LogP contribution in [0.15, 0.2) is 54.6 Å². The van der Waals surface area contributed by atoms with Gasteiger partial charge in [-0.3, -0.25) is 4.79 Å². The molecule has 0 bridgehead atoms. The topological polar surface area (TPSA) is 38.3 Å². The Morgan fingerprint density at radius 3 is 2.42 bits per heavy atom. The zero-order valence-electron chi connectivity index (χ0n) is 16.1. The fourth-order valence-electron chi connectivity index (χ4n) is 2.56. The molecule has 26 heavy (non-hydrogen) atoms. The summed E-state index contributed by atoms with van der Waals surface area (Å²) in [5, 5.41) is 2.88. The van der Waals surface area contributed by atoms with Gasteiger partial charge >= 0.3 is 0 Å². The number of carbonyl (C=O) groups excluding carboxylic acids is 1. The van der Waals surface area contributed by atoms with E-state index in [0.29, 0.717) is 13.2 Å². The second kappa shape index (κ2) is 9.67. The molecule has 0 aliphatic rings. The molecule has 0 radical (unpaired) electrons. The number of nitrogens with one attached hydrogen (secondary N) is 1. The predicted octanol–water partition coefficient (Wildman–Crippen LogP) is 4.80. The molecule has 1 amide bonds. The average Bonchev–Trinajstić information content (AvgIpc) is 2.63. The Kier molecular flexibility index (Phi) is 7.58. The summed E-state index contributed by atoms with van der Waals surface area (Å²) in [6.45, 7) is 9.43. The molecule has 0 saturated heterocycles. The lowest BCUT2D eigenvalue weighted by molar-refractivity contribution is -0.120. The zero-order valence-corrected chi connectivity index (χ0v) is 16.9. The van der Waals surface area contributed by atoms with E-state index in [4.69, 9.17) is 4.74 Å². The van der Waals surface area contributed by atoms with Gasteiger partial charge in [0.1, 0.15) is 12.4 Å². The molecule has 0 aliphatic carbocycles. The van der Waals surface area contributed by atoms with Crippen LogP contribution in [0.25, 0.3) is 0 Å². The molecule has 1 N–H and O–H groups in total. The van der Waals surface area contributed by atoms with Crippen molar-refractivity contribution in [2.75, 3.05) is 13.2 Å². The fourth-order valence-corrected chi connectivity index (χ4v) is 3.43. The Morgan fingerprint density at radius 2 is 1.73 bits per heavy atom. The van der Waals surface area contributed by atoms with Crippen LogP contribution in [0.1, 0.15) is 38.8 Å². The highest BCUT2D eigenvalue weighted by molar-refractivity contribution is 7.99. The molecular weight excluding hydrogens is 342 g/mol. The number of benzene rings is 2. The lowest BCUT2D eigenvalue weighted by atomic mass is 9.86. The first-order valence-corrected chi connectivity index (χ1v) is 10.1. The van der Waals surface area contributed by atoms with Crippen LogP contribution in [0.3, 0.4) is 0 Å². The molecule has 0 unspecified atom stereocenters. The molecule has 2 aromatic carbocycles. The minimum absolute atomic E-state index is 0.0302. The normalized spacial score (nSPS) is 12.5. The van der Waals surface area contributed by atoms with Crippen LogP contribution in [0, 0.1) is 0 Å². The molecule has 0 aromatic heterocycles. The number of ether oxygens (including phenoxy) is 1. The maximum Gasteiger partial charge on any atom is 0.232 e. The highest BCUT2D eigenvalue weighted by Gasteiger charge is 2.18. The van der Waals surface area contributed by atoms with Crippen molar-refractivity contribution in [3.63, 3.8) is 0 Å². The van der Waals surface area contributed by atoms with Gasteiger partial charge in [0.25, 0.3) is 0 Å². The van der Waals surface area contributed by atoms with Crippen LogP contribution in [-0.4, -0.2) is 24.3 Å². The van der Waals surface area contributed by atoms with E-state index in [-0.39, 0.29) is 16.6 Å². The van der Waals surface area contributed by atoms with Gasteiger partial charge in [-0.15, -0.1) is 11.8 Å². The molecule has 3 nitrogen and oxygen atoms in total. The third-order valence-electron chi connectivity index (χ3n) is 4.07. The molecule has 140 valence electrons. The minimum Gasteiger partial charge on any atom is -0.491 e. The van der Waals surface area contributed by atoms with Crippen molar-refractivity contribution in [2.45, 2.75) is 44.1 Å². The van der Waals surface area contributed by atoms with Gasteiger partial charge in [0.15, 0.2) is 0 Å². The van der Waals surface area contributed by atoms with E-state index >= 15 is 0 Å². The third kappa shape index (κ3) is 6.41. The molecular formula is C22H29NO2S. The summed E-state index contributed by atoms with van der Waals surface area (Å²) in [4.78, 5) is 12.2. The van der Waals surface area contributed by atoms with Crippen LogP contribution in [0.4, 0.5) is 0 Å². The molecule has 0 fully saturated rings. The molecule has 2 rings (SSSR count). The van der Waals surface area contributed by atoms with Crippen LogP contribution in [0.2, 0.25) is 0 Å². The summed E-state index contributed by atoms with van der Waals surface area (Å²) in [6, 6.07) is 18.3. The second-order valence-electron chi connectivity index (χ2n) is 7.32. The Hall–Kier alpha value is -1.94. The summed E-state index contributed by atoms with van der Waals surface area (Å²) in [5.74, 6) is 1.78. The van der Waals surface area contributed by atoms with Gasteiger partial charge in [-0.05, 0) is 29.5 Å². The molecule has 1 atom stereocenters. The quantitative estimate of drug-likeness (QED) is 0.677. The summed E-state index contributed by atoms with van der Waals surface area (Å²) in [7, 11) is 0. The monoisotopic (exact) mass is 371 g/mol. The summed E-state index contributed by atoms with van der Waals surface area (Å²) < 4.78 is 5.90. The first-order chi connectivity index (χ1) is 12.4. The van der Waals surface area contributed by atoms with Gasteiger partial charge in [-0.25, -0.2) is 0 Å². The first-order valence-electron chi connectivity index (χ1n) is 9.03. The van der Waals surface area contributed by atoms with E-state index in [1.54, 1.807) is 11.8 Å². The van der Waals surface area contributed by atoms with E-state index in [0.717, 1.165) is 11.5 Å². The predicted molar refractivity (Wildman–Crippen MR) is 111 cm³/mol. The molecule has 0 saturated carbocycles. The van der Waals surface area contributed by atoms with E-state index in [1.165, 1.54) is 11.1 Å². The number of thioether (sulfide) groups is 1. The number of hydrogen-bond acceptors (Lipinski definition) is 3. The third-order valence-corrected chi connectivity index (χ3v) is 5.28. The van der Waals surface area contributed by atoms with Crippen molar-refractivity contribution >= 4 is 17.7 Å². The summed E-state index contributed by atoms with van der Waals surface area (Å²) in [6.07, 6.45) is 0. The van der Waals surface area contributed by atoms with E-state index < -0.39 is 0 Å². The largest absolute Gasteiger partial charge is 0.491 e. The maximum atomic E-state index is 12.2. The molecule has 0 aliphatic heterocycles. The van der Waals surface area contributed by atoms with E-state index in [2.05, 4.69) is 44.3 Å². The van der Waals surface area contributed by atoms with Gasteiger partial charge in [0, 0.05) is 5.75 Å².